The van der Waals surface area contributed by atoms with Gasteiger partial charge < -0.3 is 16.4 Å². The fraction of sp³-hybridized carbons (Fsp3) is 0. The van der Waals surface area contributed by atoms with E-state index in [1.807, 2.05) is 0 Å². The molecule has 3 nitrogen and oxygen atoms in total. The van der Waals surface area contributed by atoms with Gasteiger partial charge in [0.05, 0.1) is 0 Å². The predicted octanol–water partition coefficient (Wildman–Crippen LogP) is -1.12. The molecule has 7 heavy (non-hydrogen) atoms. The van der Waals surface area contributed by atoms with Crippen molar-refractivity contribution in [2.45, 2.75) is 0 Å². The standard InChI is InChI=1S/2Al.2Cr.3O/q2*+3;;;3*-2. The molecule has 0 saturated carbocycles. The molecule has 0 heterocycles. The Morgan fingerprint density at radius 1 is 0.429 bits per heavy atom. The van der Waals surface area contributed by atoms with E-state index in [2.05, 4.69) is 0 Å². The van der Waals surface area contributed by atoms with E-state index in [0.29, 0.717) is 0 Å². The van der Waals surface area contributed by atoms with Crippen LogP contribution in [-0.4, -0.2) is 34.7 Å². The van der Waals surface area contributed by atoms with Gasteiger partial charge >= 0.3 is 34.7 Å². The second-order valence-electron chi connectivity index (χ2n) is 0. The maximum absolute atomic E-state index is 0. The van der Waals surface area contributed by atoms with Gasteiger partial charge in [-0.1, -0.05) is 0 Å². The molecule has 0 saturated heterocycles. The molecular formula is Al2Cr2O3. The van der Waals surface area contributed by atoms with Crippen molar-refractivity contribution < 1.29 is 51.2 Å². The summed E-state index contributed by atoms with van der Waals surface area (Å²) in [5.41, 5.74) is 0. The third-order valence-corrected chi connectivity index (χ3v) is 0. The smallest absolute Gasteiger partial charge is 2.00 e. The van der Waals surface area contributed by atoms with Crippen molar-refractivity contribution in [1.29, 1.82) is 0 Å². The first-order valence-electron chi connectivity index (χ1n) is 0. The zero-order valence-electron chi connectivity index (χ0n) is 3.20. The number of rotatable bonds is 0. The zero-order valence-corrected chi connectivity index (χ0v) is 8.06. The first-order chi connectivity index (χ1) is 0. The minimum absolute atomic E-state index is 0. The first kappa shape index (κ1) is 143. The van der Waals surface area contributed by atoms with Gasteiger partial charge in [-0.15, -0.1) is 0 Å². The number of hydrogen-bond acceptors (Lipinski definition) is 0. The molecule has 36 valence electrons. The van der Waals surface area contributed by atoms with E-state index < -0.39 is 0 Å². The van der Waals surface area contributed by atoms with Crippen molar-refractivity contribution in [3.63, 3.8) is 0 Å². The van der Waals surface area contributed by atoms with Crippen molar-refractivity contribution >= 4 is 34.7 Å². The average Bonchev–Trinajstić information content (AvgIpc) is 0. The molecule has 0 N–H and O–H groups in total. The Morgan fingerprint density at radius 3 is 0.429 bits per heavy atom. The Balaban J connectivity index is 0. The second-order valence-corrected chi connectivity index (χ2v) is 0. The molecule has 0 aliphatic carbocycles. The molecular weight excluding hydrogens is 206 g/mol. The summed E-state index contributed by atoms with van der Waals surface area (Å²) in [5, 5.41) is 0. The third-order valence-electron chi connectivity index (χ3n) is 0. The van der Waals surface area contributed by atoms with Crippen molar-refractivity contribution in [3.05, 3.63) is 0 Å². The molecule has 0 aromatic rings. The Hall–Kier alpha value is 2.01. The summed E-state index contributed by atoms with van der Waals surface area (Å²) < 4.78 is 0. The van der Waals surface area contributed by atoms with Gasteiger partial charge in [0.25, 0.3) is 0 Å². The van der Waals surface area contributed by atoms with Crippen molar-refractivity contribution in [2.24, 2.45) is 0 Å². The molecule has 0 atom stereocenters. The second kappa shape index (κ2) is 97.4. The molecule has 0 fully saturated rings. The molecule has 0 aromatic heterocycles. The molecule has 0 aliphatic heterocycles. The summed E-state index contributed by atoms with van der Waals surface area (Å²) in [5.74, 6) is 0. The van der Waals surface area contributed by atoms with Crippen molar-refractivity contribution in [1.82, 2.24) is 0 Å². The molecule has 0 amide bonds. The van der Waals surface area contributed by atoms with Crippen LogP contribution in [0.25, 0.3) is 0 Å². The molecule has 0 bridgehead atoms. The van der Waals surface area contributed by atoms with Crippen LogP contribution in [0.5, 0.6) is 0 Å². The summed E-state index contributed by atoms with van der Waals surface area (Å²) in [4.78, 5) is 0. The summed E-state index contributed by atoms with van der Waals surface area (Å²) >= 11 is 0. The largest absolute Gasteiger partial charge is 3.00 e. The fourth-order valence-corrected chi connectivity index (χ4v) is 0. The minimum atomic E-state index is 0. The molecule has 7 heteroatoms. The van der Waals surface area contributed by atoms with Gasteiger partial charge in [-0.3, -0.25) is 0 Å². The Bertz CT molecular complexity index is 10.9. The molecule has 0 aromatic carbocycles. The fourth-order valence-electron chi connectivity index (χ4n) is 0. The van der Waals surface area contributed by atoms with Crippen molar-refractivity contribution in [3.8, 4) is 0 Å². The quantitative estimate of drug-likeness (QED) is 0.449. The zero-order chi connectivity index (χ0) is 0. The van der Waals surface area contributed by atoms with Gasteiger partial charge in [-0.2, -0.15) is 0 Å². The number of hydrogen-bond donors (Lipinski definition) is 0. The normalized spacial score (nSPS) is 0. The van der Waals surface area contributed by atoms with E-state index in [9.17, 15) is 0 Å². The first-order valence-corrected chi connectivity index (χ1v) is 0. The Kier molecular flexibility index (Phi) is 1990. The van der Waals surface area contributed by atoms with Crippen LogP contribution in [0.2, 0.25) is 0 Å². The molecule has 0 radical (unpaired) electrons. The van der Waals surface area contributed by atoms with Gasteiger partial charge in [0.15, 0.2) is 0 Å². The van der Waals surface area contributed by atoms with Gasteiger partial charge in [0, 0.05) is 34.7 Å². The monoisotopic (exact) mass is 206 g/mol. The van der Waals surface area contributed by atoms with E-state index in [-0.39, 0.29) is 85.9 Å². The van der Waals surface area contributed by atoms with Crippen LogP contribution in [0.15, 0.2) is 0 Å². The Morgan fingerprint density at radius 2 is 0.429 bits per heavy atom. The van der Waals surface area contributed by atoms with Gasteiger partial charge in [0.2, 0.25) is 0 Å². The third kappa shape index (κ3) is 71.6. The van der Waals surface area contributed by atoms with Gasteiger partial charge in [0.1, 0.15) is 0 Å². The van der Waals surface area contributed by atoms with Crippen LogP contribution in [-0.2, 0) is 51.2 Å². The van der Waals surface area contributed by atoms with Crippen LogP contribution in [0, 0.1) is 0 Å². The van der Waals surface area contributed by atoms with Crippen LogP contribution in [0.4, 0.5) is 0 Å². The van der Waals surface area contributed by atoms with Gasteiger partial charge in [-0.25, -0.2) is 0 Å². The van der Waals surface area contributed by atoms with E-state index >= 15 is 0 Å². The van der Waals surface area contributed by atoms with Gasteiger partial charge in [-0.05, 0) is 0 Å². The average molecular weight is 206 g/mol. The van der Waals surface area contributed by atoms with Crippen molar-refractivity contribution in [2.75, 3.05) is 0 Å². The van der Waals surface area contributed by atoms with Crippen LogP contribution in [0.3, 0.4) is 0 Å². The maximum atomic E-state index is 0. The molecule has 0 rings (SSSR count). The molecule has 0 spiro atoms. The van der Waals surface area contributed by atoms with E-state index in [1.54, 1.807) is 0 Å². The topological polar surface area (TPSA) is 85.5 Å². The summed E-state index contributed by atoms with van der Waals surface area (Å²) in [6.45, 7) is 0. The molecule has 0 aliphatic rings. The maximum Gasteiger partial charge on any atom is 3.00 e. The van der Waals surface area contributed by atoms with E-state index in [4.69, 9.17) is 0 Å². The summed E-state index contributed by atoms with van der Waals surface area (Å²) in [7, 11) is 0. The van der Waals surface area contributed by atoms with Crippen LogP contribution in [0.1, 0.15) is 0 Å². The van der Waals surface area contributed by atoms with E-state index in [0.717, 1.165) is 0 Å². The minimum Gasteiger partial charge on any atom is -2.00 e. The summed E-state index contributed by atoms with van der Waals surface area (Å²) in [6, 6.07) is 0. The van der Waals surface area contributed by atoms with E-state index in [1.165, 1.54) is 0 Å². The van der Waals surface area contributed by atoms with Crippen LogP contribution < -0.4 is 0 Å². The SMILES string of the molecule is [Al+3].[Al+3].[Cr].[Cr].[O-2].[O-2].[O-2]. The molecule has 0 unspecified atom stereocenters. The summed E-state index contributed by atoms with van der Waals surface area (Å²) in [6.07, 6.45) is 0. The predicted molar refractivity (Wildman–Crippen MR) is 13.6 cm³/mol. The van der Waals surface area contributed by atoms with Crippen LogP contribution >= 0.6 is 0 Å². The Labute approximate surface area is 85.3 Å².